The van der Waals surface area contributed by atoms with E-state index in [2.05, 4.69) is 11.5 Å². The third-order valence-corrected chi connectivity index (χ3v) is 2.72. The Balaban J connectivity index is 2.57. The van der Waals surface area contributed by atoms with Crippen molar-refractivity contribution in [2.45, 2.75) is 0 Å². The van der Waals surface area contributed by atoms with Gasteiger partial charge in [0.25, 0.3) is 0 Å². The van der Waals surface area contributed by atoms with E-state index in [4.69, 9.17) is 5.11 Å². The molecule has 96 valence electrons. The van der Waals surface area contributed by atoms with Crippen LogP contribution in [0.5, 0.6) is 0 Å². The summed E-state index contributed by atoms with van der Waals surface area (Å²) in [5.41, 5.74) is 0. The van der Waals surface area contributed by atoms with E-state index in [1.807, 2.05) is 7.05 Å². The SMILES string of the molecule is C=CCN(CC(=O)O)C(=O)N1CCN(C)CC1. The molecule has 17 heavy (non-hydrogen) atoms. The molecule has 1 rings (SSSR count). The molecular formula is C11H19N3O3. The average Bonchev–Trinajstić information content (AvgIpc) is 2.28. The maximum atomic E-state index is 12.1. The highest BCUT2D eigenvalue weighted by atomic mass is 16.4. The fourth-order valence-corrected chi connectivity index (χ4v) is 1.73. The summed E-state index contributed by atoms with van der Waals surface area (Å²) in [6.07, 6.45) is 1.54. The molecule has 0 atom stereocenters. The van der Waals surface area contributed by atoms with Crippen LogP contribution < -0.4 is 0 Å². The smallest absolute Gasteiger partial charge is 0.323 e. The molecule has 6 nitrogen and oxygen atoms in total. The van der Waals surface area contributed by atoms with Crippen molar-refractivity contribution in [3.05, 3.63) is 12.7 Å². The summed E-state index contributed by atoms with van der Waals surface area (Å²) in [6.45, 7) is 6.44. The lowest BCUT2D eigenvalue weighted by molar-refractivity contribution is -0.137. The molecule has 0 aromatic heterocycles. The van der Waals surface area contributed by atoms with Crippen molar-refractivity contribution in [2.24, 2.45) is 0 Å². The number of carbonyl (C=O) groups excluding carboxylic acids is 1. The molecule has 0 radical (unpaired) electrons. The normalized spacial score (nSPS) is 16.6. The van der Waals surface area contributed by atoms with Crippen molar-refractivity contribution >= 4 is 12.0 Å². The number of piperazine rings is 1. The number of likely N-dealkylation sites (N-methyl/N-ethyl adjacent to an activating group) is 1. The molecule has 1 saturated heterocycles. The zero-order valence-corrected chi connectivity index (χ0v) is 10.1. The number of hydrogen-bond acceptors (Lipinski definition) is 3. The summed E-state index contributed by atoms with van der Waals surface area (Å²) >= 11 is 0. The molecule has 2 amide bonds. The van der Waals surface area contributed by atoms with E-state index in [1.165, 1.54) is 11.0 Å². The Kier molecular flexibility index (Phi) is 4.96. The molecule has 0 bridgehead atoms. The monoisotopic (exact) mass is 241 g/mol. The number of aliphatic carboxylic acids is 1. The topological polar surface area (TPSA) is 64.1 Å². The van der Waals surface area contributed by atoms with Gasteiger partial charge in [-0.15, -0.1) is 6.58 Å². The van der Waals surface area contributed by atoms with Crippen molar-refractivity contribution in [3.8, 4) is 0 Å². The van der Waals surface area contributed by atoms with Crippen LogP contribution in [0.2, 0.25) is 0 Å². The number of carboxylic acid groups (broad SMARTS) is 1. The molecule has 1 N–H and O–H groups in total. The third kappa shape index (κ3) is 4.07. The minimum atomic E-state index is -1.01. The van der Waals surface area contributed by atoms with Crippen molar-refractivity contribution < 1.29 is 14.7 Å². The second-order valence-electron chi connectivity index (χ2n) is 4.14. The largest absolute Gasteiger partial charge is 0.480 e. The quantitative estimate of drug-likeness (QED) is 0.700. The Morgan fingerprint density at radius 3 is 2.41 bits per heavy atom. The fraction of sp³-hybridized carbons (Fsp3) is 0.636. The number of urea groups is 1. The van der Waals surface area contributed by atoms with Gasteiger partial charge >= 0.3 is 12.0 Å². The van der Waals surface area contributed by atoms with Gasteiger partial charge in [0.2, 0.25) is 0 Å². The van der Waals surface area contributed by atoms with E-state index in [9.17, 15) is 9.59 Å². The molecule has 0 unspecified atom stereocenters. The van der Waals surface area contributed by atoms with Gasteiger partial charge in [-0.05, 0) is 7.05 Å². The molecule has 1 heterocycles. The first kappa shape index (κ1) is 13.5. The Hall–Kier alpha value is -1.56. The van der Waals surface area contributed by atoms with Gasteiger partial charge in [0, 0.05) is 32.7 Å². The van der Waals surface area contributed by atoms with Gasteiger partial charge in [0.05, 0.1) is 0 Å². The molecule has 1 fully saturated rings. The Bertz CT molecular complexity index is 298. The molecule has 0 saturated carbocycles. The van der Waals surface area contributed by atoms with Crippen LogP contribution in [-0.2, 0) is 4.79 Å². The van der Waals surface area contributed by atoms with Gasteiger partial charge in [-0.2, -0.15) is 0 Å². The predicted octanol–water partition coefficient (Wildman–Crippen LogP) is -0.0736. The van der Waals surface area contributed by atoms with Gasteiger partial charge in [-0.25, -0.2) is 4.79 Å². The lowest BCUT2D eigenvalue weighted by Crippen LogP contribution is -2.52. The zero-order valence-electron chi connectivity index (χ0n) is 10.1. The van der Waals surface area contributed by atoms with E-state index >= 15 is 0 Å². The highest BCUT2D eigenvalue weighted by Gasteiger charge is 2.24. The molecule has 0 spiro atoms. The van der Waals surface area contributed by atoms with Crippen LogP contribution in [0, 0.1) is 0 Å². The minimum Gasteiger partial charge on any atom is -0.480 e. The van der Waals surface area contributed by atoms with Crippen LogP contribution in [0.4, 0.5) is 4.79 Å². The minimum absolute atomic E-state index is 0.222. The highest BCUT2D eigenvalue weighted by Crippen LogP contribution is 2.04. The van der Waals surface area contributed by atoms with Crippen molar-refractivity contribution in [1.82, 2.24) is 14.7 Å². The first-order valence-electron chi connectivity index (χ1n) is 5.59. The van der Waals surface area contributed by atoms with Crippen molar-refractivity contribution in [1.29, 1.82) is 0 Å². The summed E-state index contributed by atoms with van der Waals surface area (Å²) < 4.78 is 0. The van der Waals surface area contributed by atoms with Crippen LogP contribution in [0.15, 0.2) is 12.7 Å². The first-order chi connectivity index (χ1) is 8.04. The lowest BCUT2D eigenvalue weighted by Gasteiger charge is -2.35. The molecule has 6 heteroatoms. The van der Waals surface area contributed by atoms with Crippen LogP contribution in [0.3, 0.4) is 0 Å². The number of carboxylic acids is 1. The number of rotatable bonds is 4. The Morgan fingerprint density at radius 1 is 1.35 bits per heavy atom. The fourth-order valence-electron chi connectivity index (χ4n) is 1.73. The van der Waals surface area contributed by atoms with E-state index in [-0.39, 0.29) is 19.1 Å². The van der Waals surface area contributed by atoms with E-state index in [0.717, 1.165) is 13.1 Å². The number of nitrogens with zero attached hydrogens (tertiary/aromatic N) is 3. The number of amides is 2. The van der Waals surface area contributed by atoms with Crippen LogP contribution in [0.1, 0.15) is 0 Å². The lowest BCUT2D eigenvalue weighted by atomic mass is 10.3. The second kappa shape index (κ2) is 6.24. The van der Waals surface area contributed by atoms with E-state index in [1.54, 1.807) is 4.90 Å². The average molecular weight is 241 g/mol. The van der Waals surface area contributed by atoms with Gasteiger partial charge < -0.3 is 19.8 Å². The molecular weight excluding hydrogens is 222 g/mol. The molecule has 0 aromatic carbocycles. The van der Waals surface area contributed by atoms with Gasteiger partial charge in [-0.1, -0.05) is 6.08 Å². The Morgan fingerprint density at radius 2 is 1.94 bits per heavy atom. The number of hydrogen-bond donors (Lipinski definition) is 1. The molecule has 0 aromatic rings. The van der Waals surface area contributed by atoms with Crippen molar-refractivity contribution in [2.75, 3.05) is 46.3 Å². The first-order valence-corrected chi connectivity index (χ1v) is 5.59. The van der Waals surface area contributed by atoms with Crippen LogP contribution >= 0.6 is 0 Å². The maximum absolute atomic E-state index is 12.1. The Labute approximate surface area is 101 Å². The third-order valence-electron chi connectivity index (χ3n) is 2.72. The summed E-state index contributed by atoms with van der Waals surface area (Å²) in [5, 5.41) is 8.74. The zero-order chi connectivity index (χ0) is 12.8. The maximum Gasteiger partial charge on any atom is 0.323 e. The van der Waals surface area contributed by atoms with Gasteiger partial charge in [-0.3, -0.25) is 4.79 Å². The summed E-state index contributed by atoms with van der Waals surface area (Å²) in [4.78, 5) is 27.8. The molecule has 0 aliphatic carbocycles. The van der Waals surface area contributed by atoms with Gasteiger partial charge in [0.1, 0.15) is 6.54 Å². The van der Waals surface area contributed by atoms with Crippen LogP contribution in [0.25, 0.3) is 0 Å². The van der Waals surface area contributed by atoms with Crippen LogP contribution in [-0.4, -0.2) is 78.1 Å². The van der Waals surface area contributed by atoms with E-state index in [0.29, 0.717) is 13.1 Å². The predicted molar refractivity (Wildman–Crippen MR) is 63.9 cm³/mol. The van der Waals surface area contributed by atoms with Crippen molar-refractivity contribution in [3.63, 3.8) is 0 Å². The standard InChI is InChI=1S/C11H19N3O3/c1-3-4-14(9-10(15)16)11(17)13-7-5-12(2)6-8-13/h3H,1,4-9H2,2H3,(H,15,16). The molecule has 1 aliphatic heterocycles. The second-order valence-corrected chi connectivity index (χ2v) is 4.14. The van der Waals surface area contributed by atoms with Gasteiger partial charge in [0.15, 0.2) is 0 Å². The summed E-state index contributed by atoms with van der Waals surface area (Å²) in [7, 11) is 2.00. The number of carbonyl (C=O) groups is 2. The van der Waals surface area contributed by atoms with E-state index < -0.39 is 5.97 Å². The summed E-state index contributed by atoms with van der Waals surface area (Å²) in [6, 6.07) is -0.222. The molecule has 1 aliphatic rings. The highest BCUT2D eigenvalue weighted by molar-refractivity contribution is 5.80. The summed E-state index contributed by atoms with van der Waals surface area (Å²) in [5.74, 6) is -1.01.